The van der Waals surface area contributed by atoms with Gasteiger partial charge in [-0.3, -0.25) is 0 Å². The fraction of sp³-hybridized carbons (Fsp3) is 0.286. The molecule has 1 aromatic heterocycles. The molecular formula is C21H17BrClF2N3O4. The molecule has 0 amide bonds. The van der Waals surface area contributed by atoms with Crippen molar-refractivity contribution < 1.29 is 28.1 Å². The van der Waals surface area contributed by atoms with Gasteiger partial charge < -0.3 is 4.74 Å². The molecule has 0 saturated carbocycles. The maximum absolute atomic E-state index is 15.6. The number of hydrogen-bond acceptors (Lipinski definition) is 6. The van der Waals surface area contributed by atoms with Gasteiger partial charge >= 0.3 is 12.0 Å². The lowest BCUT2D eigenvalue weighted by Gasteiger charge is -2.15. The smallest absolute Gasteiger partial charge is 0.378 e. The van der Waals surface area contributed by atoms with Crippen LogP contribution in [0.1, 0.15) is 25.3 Å². The van der Waals surface area contributed by atoms with Crippen LogP contribution in [0.25, 0.3) is 17.1 Å². The molecule has 0 spiro atoms. The van der Waals surface area contributed by atoms with Crippen LogP contribution in [-0.2, 0) is 20.8 Å². The Hall–Kier alpha value is -2.56. The van der Waals surface area contributed by atoms with Gasteiger partial charge in [-0.25, -0.2) is 28.0 Å². The highest BCUT2D eigenvalue weighted by Crippen LogP contribution is 2.32. The lowest BCUT2D eigenvalue weighted by molar-refractivity contribution is -0.214. The van der Waals surface area contributed by atoms with E-state index in [1.165, 1.54) is 24.3 Å². The van der Waals surface area contributed by atoms with E-state index in [1.54, 1.807) is 6.07 Å². The quantitative estimate of drug-likeness (QED) is 0.323. The summed E-state index contributed by atoms with van der Waals surface area (Å²) in [6, 6.07) is 6.83. The number of rotatable bonds is 6. The van der Waals surface area contributed by atoms with Crippen molar-refractivity contribution in [2.24, 2.45) is 0 Å². The van der Waals surface area contributed by atoms with Crippen molar-refractivity contribution in [3.63, 3.8) is 0 Å². The van der Waals surface area contributed by atoms with Crippen LogP contribution in [-0.4, -0.2) is 33.4 Å². The zero-order chi connectivity index (χ0) is 22.8. The summed E-state index contributed by atoms with van der Waals surface area (Å²) in [4.78, 5) is 24.4. The van der Waals surface area contributed by atoms with Crippen LogP contribution in [0.15, 0.2) is 34.8 Å². The fourth-order valence-corrected chi connectivity index (χ4v) is 3.96. The van der Waals surface area contributed by atoms with Crippen molar-refractivity contribution in [3.05, 3.63) is 57.0 Å². The molecule has 11 heteroatoms. The Morgan fingerprint density at radius 2 is 2.16 bits per heavy atom. The van der Waals surface area contributed by atoms with Crippen molar-refractivity contribution >= 4 is 33.5 Å². The molecule has 1 saturated heterocycles. The molecule has 3 aromatic rings. The van der Waals surface area contributed by atoms with Gasteiger partial charge in [0.2, 0.25) is 0 Å². The molecule has 0 aliphatic carbocycles. The number of carbonyl (C=O) groups is 1. The first-order valence-electron chi connectivity index (χ1n) is 9.70. The molecule has 1 aliphatic heterocycles. The molecular weight excluding hydrogens is 512 g/mol. The number of nitrogens with zero attached hydrogens (tertiary/aromatic N) is 3. The van der Waals surface area contributed by atoms with E-state index < -0.39 is 23.6 Å². The van der Waals surface area contributed by atoms with Gasteiger partial charge in [0.15, 0.2) is 11.6 Å². The van der Waals surface area contributed by atoms with Gasteiger partial charge in [0.05, 0.1) is 11.7 Å². The molecule has 0 radical (unpaired) electrons. The molecule has 1 unspecified atom stereocenters. The van der Waals surface area contributed by atoms with E-state index in [2.05, 4.69) is 30.9 Å². The van der Waals surface area contributed by atoms with Crippen LogP contribution in [0.4, 0.5) is 8.78 Å². The fourth-order valence-electron chi connectivity index (χ4n) is 3.41. The Morgan fingerprint density at radius 1 is 1.34 bits per heavy atom. The highest BCUT2D eigenvalue weighted by molar-refractivity contribution is 9.10. The van der Waals surface area contributed by atoms with Crippen LogP contribution in [0, 0.1) is 11.6 Å². The third-order valence-corrected chi connectivity index (χ3v) is 5.69. The summed E-state index contributed by atoms with van der Waals surface area (Å²) in [7, 11) is 0. The number of aromatic nitrogens is 3. The van der Waals surface area contributed by atoms with E-state index >= 15 is 4.39 Å². The first kappa shape index (κ1) is 22.6. The second-order valence-corrected chi connectivity index (χ2v) is 8.43. The summed E-state index contributed by atoms with van der Waals surface area (Å²) in [5.74, 6) is -2.06. The maximum Gasteiger partial charge on any atom is 0.386 e. The van der Waals surface area contributed by atoms with E-state index in [0.29, 0.717) is 11.1 Å². The monoisotopic (exact) mass is 527 g/mol. The predicted octanol–water partition coefficient (Wildman–Crippen LogP) is 5.21. The second-order valence-electron chi connectivity index (χ2n) is 7.11. The number of benzene rings is 2. The highest BCUT2D eigenvalue weighted by atomic mass is 79.9. The second kappa shape index (κ2) is 9.51. The third-order valence-electron chi connectivity index (χ3n) is 4.84. The van der Waals surface area contributed by atoms with Crippen LogP contribution in [0.3, 0.4) is 0 Å². The Balaban J connectivity index is 1.82. The van der Waals surface area contributed by atoms with Crippen LogP contribution in [0.5, 0.6) is 6.01 Å². The SMILES string of the molecule is CC(=O)OOc1nc(-c2ccc(Br)cc2F)n(-c2ccc(Cl)c(CC3CCCO3)c2F)n1. The van der Waals surface area contributed by atoms with Gasteiger partial charge in [0.25, 0.3) is 0 Å². The van der Waals surface area contributed by atoms with Gasteiger partial charge in [-0.1, -0.05) is 27.5 Å². The molecule has 168 valence electrons. The highest BCUT2D eigenvalue weighted by Gasteiger charge is 2.25. The predicted molar refractivity (Wildman–Crippen MR) is 114 cm³/mol. The largest absolute Gasteiger partial charge is 0.386 e. The lowest BCUT2D eigenvalue weighted by atomic mass is 10.0. The average Bonchev–Trinajstić information content (AvgIpc) is 3.40. The summed E-state index contributed by atoms with van der Waals surface area (Å²) >= 11 is 9.47. The molecule has 2 heterocycles. The number of carbonyl (C=O) groups excluding carboxylic acids is 1. The van der Waals surface area contributed by atoms with Gasteiger partial charge in [-0.15, -0.1) is 5.10 Å². The van der Waals surface area contributed by atoms with Crippen LogP contribution < -0.4 is 4.89 Å². The summed E-state index contributed by atoms with van der Waals surface area (Å²) in [6.07, 6.45) is 1.85. The van der Waals surface area contributed by atoms with Crippen molar-refractivity contribution in [1.82, 2.24) is 14.8 Å². The topological polar surface area (TPSA) is 75.5 Å². The summed E-state index contributed by atoms with van der Waals surface area (Å²) in [5, 5.41) is 4.31. The summed E-state index contributed by atoms with van der Waals surface area (Å²) < 4.78 is 37.5. The first-order valence-corrected chi connectivity index (χ1v) is 10.9. The normalized spacial score (nSPS) is 15.7. The van der Waals surface area contributed by atoms with E-state index in [9.17, 15) is 9.18 Å². The van der Waals surface area contributed by atoms with Gasteiger partial charge in [-0.05, 0) is 43.2 Å². The minimum Gasteiger partial charge on any atom is -0.378 e. The summed E-state index contributed by atoms with van der Waals surface area (Å²) in [5.41, 5.74) is 0.273. The molecule has 1 fully saturated rings. The van der Waals surface area contributed by atoms with Gasteiger partial charge in [-0.2, -0.15) is 4.98 Å². The van der Waals surface area contributed by atoms with Crippen LogP contribution in [0.2, 0.25) is 5.02 Å². The zero-order valence-electron chi connectivity index (χ0n) is 16.8. The molecule has 7 nitrogen and oxygen atoms in total. The van der Waals surface area contributed by atoms with E-state index in [0.717, 1.165) is 24.4 Å². The first-order chi connectivity index (χ1) is 15.3. The Labute approximate surface area is 195 Å². The van der Waals surface area contributed by atoms with E-state index in [4.69, 9.17) is 21.2 Å². The molecule has 1 aliphatic rings. The molecule has 0 N–H and O–H groups in total. The van der Waals surface area contributed by atoms with E-state index in [1.807, 2.05) is 0 Å². The van der Waals surface area contributed by atoms with Crippen molar-refractivity contribution in [2.75, 3.05) is 6.61 Å². The van der Waals surface area contributed by atoms with Crippen molar-refractivity contribution in [1.29, 1.82) is 0 Å². The van der Waals surface area contributed by atoms with Crippen molar-refractivity contribution in [3.8, 4) is 23.1 Å². The minimum absolute atomic E-state index is 0.0232. The number of halogens is 4. The average molecular weight is 529 g/mol. The molecule has 2 aromatic carbocycles. The van der Waals surface area contributed by atoms with Crippen LogP contribution >= 0.6 is 27.5 Å². The Bertz CT molecular complexity index is 1170. The minimum atomic E-state index is -0.741. The van der Waals surface area contributed by atoms with Crippen molar-refractivity contribution in [2.45, 2.75) is 32.3 Å². The van der Waals surface area contributed by atoms with Gasteiger partial charge in [0.1, 0.15) is 11.5 Å². The Kier molecular flexibility index (Phi) is 6.73. The zero-order valence-corrected chi connectivity index (χ0v) is 19.1. The number of hydrogen-bond donors (Lipinski definition) is 0. The molecule has 1 atom stereocenters. The van der Waals surface area contributed by atoms with Gasteiger partial charge in [0, 0.05) is 35.0 Å². The summed E-state index contributed by atoms with van der Waals surface area (Å²) in [6.45, 7) is 1.75. The molecule has 4 rings (SSSR count). The molecule has 32 heavy (non-hydrogen) atoms. The number of ether oxygens (including phenoxy) is 1. The maximum atomic E-state index is 15.6. The standard InChI is InChI=1S/C21H17BrClF2N3O4/c1-11(29)31-32-21-26-20(14-5-4-12(22)9-17(14)24)28(27-21)18-7-6-16(23)15(19(18)25)10-13-3-2-8-30-13/h4-7,9,13H,2-3,8,10H2,1H3. The molecule has 0 bridgehead atoms. The lowest BCUT2D eigenvalue weighted by Crippen LogP contribution is -2.13. The van der Waals surface area contributed by atoms with E-state index in [-0.39, 0.29) is 40.2 Å². The Morgan fingerprint density at radius 3 is 2.84 bits per heavy atom. The third kappa shape index (κ3) is 4.77.